The third kappa shape index (κ3) is 2.63. The van der Waals surface area contributed by atoms with Crippen molar-refractivity contribution >= 4 is 5.69 Å². The summed E-state index contributed by atoms with van der Waals surface area (Å²) >= 11 is 0. The molecule has 1 saturated heterocycles. The van der Waals surface area contributed by atoms with Gasteiger partial charge in [-0.1, -0.05) is 0 Å². The van der Waals surface area contributed by atoms with Crippen molar-refractivity contribution in [1.82, 2.24) is 5.32 Å². The van der Waals surface area contributed by atoms with Crippen LogP contribution in [-0.2, 0) is 0 Å². The second-order valence-corrected chi connectivity index (χ2v) is 3.71. The average molecular weight is 205 g/mol. The van der Waals surface area contributed by atoms with E-state index in [4.69, 9.17) is 4.74 Å². The van der Waals surface area contributed by atoms with E-state index in [0.29, 0.717) is 0 Å². The van der Waals surface area contributed by atoms with Crippen LogP contribution in [0.5, 0.6) is 5.75 Å². The highest BCUT2D eigenvalue weighted by Crippen LogP contribution is 2.19. The summed E-state index contributed by atoms with van der Waals surface area (Å²) in [4.78, 5) is 2.38. The first-order valence-corrected chi connectivity index (χ1v) is 5.42. The topological polar surface area (TPSA) is 26.6 Å². The number of methoxy groups -OCH3 is 1. The van der Waals surface area contributed by atoms with Crippen LogP contribution in [0.15, 0.2) is 24.3 Å². The molecule has 1 aromatic carbocycles. The van der Waals surface area contributed by atoms with Gasteiger partial charge in [-0.15, -0.1) is 0 Å². The third-order valence-corrected chi connectivity index (χ3v) is 2.71. The molecule has 0 aliphatic carbocycles. The molecule has 1 aliphatic rings. The number of anilines is 1. The predicted molar refractivity (Wildman–Crippen MR) is 61.7 cm³/mol. The van der Waals surface area contributed by atoms with Crippen molar-refractivity contribution in [2.45, 2.75) is 6.42 Å². The van der Waals surface area contributed by atoms with Crippen molar-refractivity contribution in [2.75, 3.05) is 38.2 Å². The fourth-order valence-electron chi connectivity index (χ4n) is 1.84. The molecule has 1 fully saturated rings. The number of ether oxygens (including phenoxy) is 1. The Kier molecular flexibility index (Phi) is 3.45. The molecule has 0 bridgehead atoms. The second-order valence-electron chi connectivity index (χ2n) is 3.71. The Morgan fingerprint density at radius 3 is 2.67 bits per heavy atom. The van der Waals surface area contributed by atoms with E-state index in [9.17, 15) is 0 Å². The van der Waals surface area contributed by atoms with E-state index in [-0.39, 0.29) is 0 Å². The molecule has 0 spiro atoms. The maximum atomic E-state index is 5.14. The lowest BCUT2D eigenvalue weighted by molar-refractivity contribution is 0.415. The predicted octanol–water partition coefficient (Wildman–Crippen LogP) is 1.51. The molecule has 1 aromatic rings. The first-order chi connectivity index (χ1) is 7.40. The molecule has 15 heavy (non-hydrogen) atoms. The molecule has 1 aliphatic heterocycles. The van der Waals surface area contributed by atoms with Crippen LogP contribution in [0, 0.1) is 0 Å². The van der Waals surface area contributed by atoms with Crippen molar-refractivity contribution in [3.63, 3.8) is 0 Å². The molecule has 1 radical (unpaired) electrons. The molecule has 3 nitrogen and oxygen atoms in total. The van der Waals surface area contributed by atoms with Gasteiger partial charge < -0.3 is 9.64 Å². The van der Waals surface area contributed by atoms with E-state index in [1.165, 1.54) is 5.69 Å². The number of hydrogen-bond acceptors (Lipinski definition) is 2. The Morgan fingerprint density at radius 1 is 1.13 bits per heavy atom. The first kappa shape index (κ1) is 10.3. The molecule has 0 aromatic heterocycles. The molecule has 3 heteroatoms. The first-order valence-electron chi connectivity index (χ1n) is 5.42. The van der Waals surface area contributed by atoms with Crippen molar-refractivity contribution in [3.8, 4) is 5.75 Å². The summed E-state index contributed by atoms with van der Waals surface area (Å²) < 4.78 is 5.14. The Morgan fingerprint density at radius 2 is 1.93 bits per heavy atom. The minimum Gasteiger partial charge on any atom is -0.497 e. The van der Waals surface area contributed by atoms with Gasteiger partial charge in [-0.3, -0.25) is 0 Å². The van der Waals surface area contributed by atoms with Crippen LogP contribution < -0.4 is 15.0 Å². The third-order valence-electron chi connectivity index (χ3n) is 2.71. The summed E-state index contributed by atoms with van der Waals surface area (Å²) in [6, 6.07) is 8.25. The Bertz CT molecular complexity index is 289. The second kappa shape index (κ2) is 5.03. The van der Waals surface area contributed by atoms with Gasteiger partial charge in [0, 0.05) is 31.9 Å². The monoisotopic (exact) mass is 205 g/mol. The van der Waals surface area contributed by atoms with Crippen LogP contribution in [0.2, 0.25) is 0 Å². The van der Waals surface area contributed by atoms with Crippen molar-refractivity contribution < 1.29 is 4.74 Å². The number of hydrogen-bond donors (Lipinski definition) is 0. The molecular weight excluding hydrogens is 188 g/mol. The lowest BCUT2D eigenvalue weighted by atomic mass is 10.2. The standard InChI is InChI=1S/C12H17N2O/c1-15-12-5-3-11(4-6-12)14-9-2-7-13-8-10-14/h3-6H,2,7-10H2,1H3. The van der Waals surface area contributed by atoms with Crippen molar-refractivity contribution in [2.24, 2.45) is 0 Å². The van der Waals surface area contributed by atoms with E-state index in [2.05, 4.69) is 22.3 Å². The largest absolute Gasteiger partial charge is 0.497 e. The molecule has 0 unspecified atom stereocenters. The number of benzene rings is 1. The van der Waals surface area contributed by atoms with E-state index >= 15 is 0 Å². The van der Waals surface area contributed by atoms with Gasteiger partial charge in [-0.05, 0) is 30.7 Å². The fourth-order valence-corrected chi connectivity index (χ4v) is 1.84. The van der Waals surface area contributed by atoms with Crippen LogP contribution in [0.25, 0.3) is 0 Å². The molecule has 81 valence electrons. The van der Waals surface area contributed by atoms with E-state index in [0.717, 1.165) is 38.3 Å². The number of nitrogens with zero attached hydrogens (tertiary/aromatic N) is 2. The van der Waals surface area contributed by atoms with E-state index in [1.54, 1.807) is 7.11 Å². The fraction of sp³-hybridized carbons (Fsp3) is 0.500. The highest BCUT2D eigenvalue weighted by Gasteiger charge is 2.09. The Hall–Kier alpha value is -1.22. The SMILES string of the molecule is COc1ccc(N2CCC[N]CC2)cc1. The van der Waals surface area contributed by atoms with Crippen LogP contribution >= 0.6 is 0 Å². The van der Waals surface area contributed by atoms with Gasteiger partial charge in [0.05, 0.1) is 7.11 Å². The quantitative estimate of drug-likeness (QED) is 0.731. The van der Waals surface area contributed by atoms with Crippen molar-refractivity contribution in [3.05, 3.63) is 24.3 Å². The zero-order valence-electron chi connectivity index (χ0n) is 9.15. The Labute approximate surface area is 91.0 Å². The minimum absolute atomic E-state index is 0.915. The molecule has 1 heterocycles. The van der Waals surface area contributed by atoms with Crippen molar-refractivity contribution in [1.29, 1.82) is 0 Å². The van der Waals surface area contributed by atoms with Crippen LogP contribution in [0.1, 0.15) is 6.42 Å². The summed E-state index contributed by atoms with van der Waals surface area (Å²) in [6.07, 6.45) is 1.16. The maximum absolute atomic E-state index is 5.14. The lowest BCUT2D eigenvalue weighted by Gasteiger charge is -2.22. The van der Waals surface area contributed by atoms with Crippen LogP contribution in [-0.4, -0.2) is 33.3 Å². The van der Waals surface area contributed by atoms with Gasteiger partial charge in [0.25, 0.3) is 0 Å². The summed E-state index contributed by atoms with van der Waals surface area (Å²) in [5, 5.41) is 4.41. The van der Waals surface area contributed by atoms with Gasteiger partial charge in [0.2, 0.25) is 0 Å². The highest BCUT2D eigenvalue weighted by atomic mass is 16.5. The molecule has 2 rings (SSSR count). The number of rotatable bonds is 2. The highest BCUT2D eigenvalue weighted by molar-refractivity contribution is 5.49. The summed E-state index contributed by atoms with van der Waals surface area (Å²) in [5.41, 5.74) is 1.27. The van der Waals surface area contributed by atoms with Gasteiger partial charge >= 0.3 is 0 Å². The van der Waals surface area contributed by atoms with Gasteiger partial charge in [0.1, 0.15) is 5.75 Å². The van der Waals surface area contributed by atoms with E-state index in [1.807, 2.05) is 12.1 Å². The van der Waals surface area contributed by atoms with Crippen LogP contribution in [0.4, 0.5) is 5.69 Å². The minimum atomic E-state index is 0.915. The summed E-state index contributed by atoms with van der Waals surface area (Å²) in [5.74, 6) is 0.915. The van der Waals surface area contributed by atoms with Crippen LogP contribution in [0.3, 0.4) is 0 Å². The van der Waals surface area contributed by atoms with Gasteiger partial charge in [-0.2, -0.15) is 0 Å². The van der Waals surface area contributed by atoms with Gasteiger partial charge in [-0.25, -0.2) is 5.32 Å². The zero-order chi connectivity index (χ0) is 10.5. The lowest BCUT2D eigenvalue weighted by Crippen LogP contribution is -2.26. The summed E-state index contributed by atoms with van der Waals surface area (Å²) in [7, 11) is 1.69. The summed E-state index contributed by atoms with van der Waals surface area (Å²) in [6.45, 7) is 4.10. The smallest absolute Gasteiger partial charge is 0.119 e. The Balaban J connectivity index is 2.06. The zero-order valence-corrected chi connectivity index (χ0v) is 9.15. The molecule has 0 amide bonds. The van der Waals surface area contributed by atoms with Gasteiger partial charge in [0.15, 0.2) is 0 Å². The average Bonchev–Trinajstić information content (AvgIpc) is 2.58. The molecular formula is C12H17N2O. The van der Waals surface area contributed by atoms with E-state index < -0.39 is 0 Å². The molecule has 0 saturated carbocycles. The molecule has 0 N–H and O–H groups in total. The normalized spacial score (nSPS) is 17.3. The maximum Gasteiger partial charge on any atom is 0.119 e. The molecule has 0 atom stereocenters.